The van der Waals surface area contributed by atoms with Gasteiger partial charge in [-0.25, -0.2) is 0 Å². The zero-order chi connectivity index (χ0) is 51.3. The molecular formula is C61H105NO8. The molecule has 0 spiro atoms. The molecule has 2 unspecified atom stereocenters. The second kappa shape index (κ2) is 51.8. The Labute approximate surface area is 430 Å². The van der Waals surface area contributed by atoms with Crippen molar-refractivity contribution in [3.05, 3.63) is 85.1 Å². The third-order valence-corrected chi connectivity index (χ3v) is 11.9. The summed E-state index contributed by atoms with van der Waals surface area (Å²) in [6.07, 6.45) is 65.5. The van der Waals surface area contributed by atoms with Gasteiger partial charge in [0.2, 0.25) is 0 Å². The molecule has 0 saturated heterocycles. The summed E-state index contributed by atoms with van der Waals surface area (Å²) in [4.78, 5) is 36.8. The molecule has 0 saturated carbocycles. The first-order valence-electron chi connectivity index (χ1n) is 28.2. The molecule has 0 rings (SSSR count). The smallest absolute Gasteiger partial charge is 0.306 e. The Balaban J connectivity index is 3.91. The van der Waals surface area contributed by atoms with Gasteiger partial charge in [0.05, 0.1) is 40.3 Å². The lowest BCUT2D eigenvalue weighted by atomic mass is 10.0. The van der Waals surface area contributed by atoms with Crippen LogP contribution in [0.5, 0.6) is 0 Å². The zero-order valence-electron chi connectivity index (χ0n) is 45.6. The number of carboxylic acids is 1. The Kier molecular flexibility index (Phi) is 49.2. The quantitative estimate of drug-likeness (QED) is 0.0195. The van der Waals surface area contributed by atoms with E-state index in [1.165, 1.54) is 109 Å². The maximum absolute atomic E-state index is 12.8. The molecule has 2 atom stereocenters. The van der Waals surface area contributed by atoms with Crippen molar-refractivity contribution < 1.29 is 42.9 Å². The fourth-order valence-electron chi connectivity index (χ4n) is 7.58. The van der Waals surface area contributed by atoms with E-state index in [2.05, 4.69) is 98.9 Å². The second-order valence-corrected chi connectivity index (χ2v) is 19.9. The number of hydrogen-bond donors (Lipinski definition) is 0. The van der Waals surface area contributed by atoms with E-state index in [0.717, 1.165) is 83.5 Å². The largest absolute Gasteiger partial charge is 0.545 e. The number of nitrogens with zero attached hydrogens (tertiary/aromatic N) is 1. The first-order chi connectivity index (χ1) is 34.1. The highest BCUT2D eigenvalue weighted by Crippen LogP contribution is 2.16. The highest BCUT2D eigenvalue weighted by Gasteiger charge is 2.22. The number of allylic oxidation sites excluding steroid dienone is 14. The van der Waals surface area contributed by atoms with Crippen LogP contribution >= 0.6 is 0 Å². The van der Waals surface area contributed by atoms with Crippen molar-refractivity contribution in [1.29, 1.82) is 0 Å². The number of hydrogen-bond acceptors (Lipinski definition) is 8. The van der Waals surface area contributed by atoms with Crippen molar-refractivity contribution >= 4 is 17.9 Å². The minimum Gasteiger partial charge on any atom is -0.545 e. The predicted octanol–water partition coefficient (Wildman–Crippen LogP) is 15.1. The van der Waals surface area contributed by atoms with Gasteiger partial charge in [0.1, 0.15) is 13.2 Å². The number of esters is 2. The Morgan fingerprint density at radius 3 is 1.21 bits per heavy atom. The zero-order valence-corrected chi connectivity index (χ0v) is 45.6. The van der Waals surface area contributed by atoms with Crippen LogP contribution in [0.4, 0.5) is 0 Å². The molecule has 70 heavy (non-hydrogen) atoms. The van der Waals surface area contributed by atoms with Crippen LogP contribution in [0, 0.1) is 0 Å². The number of likely N-dealkylation sites (N-methyl/N-ethyl adjacent to an activating group) is 1. The van der Waals surface area contributed by atoms with E-state index >= 15 is 0 Å². The highest BCUT2D eigenvalue weighted by molar-refractivity contribution is 5.70. The van der Waals surface area contributed by atoms with Gasteiger partial charge in [-0.15, -0.1) is 0 Å². The van der Waals surface area contributed by atoms with Crippen molar-refractivity contribution in [2.24, 2.45) is 0 Å². The van der Waals surface area contributed by atoms with E-state index in [9.17, 15) is 19.5 Å². The molecule has 9 nitrogen and oxygen atoms in total. The summed E-state index contributed by atoms with van der Waals surface area (Å²) in [5, 5.41) is 11.7. The molecule has 0 aliphatic heterocycles. The van der Waals surface area contributed by atoms with Gasteiger partial charge in [0.15, 0.2) is 12.4 Å². The van der Waals surface area contributed by atoms with Gasteiger partial charge in [0.25, 0.3) is 0 Å². The van der Waals surface area contributed by atoms with E-state index in [-0.39, 0.29) is 38.6 Å². The molecule has 9 heteroatoms. The number of carbonyl (C=O) groups excluding carboxylic acids is 3. The average Bonchev–Trinajstić information content (AvgIpc) is 3.33. The molecule has 0 radical (unpaired) electrons. The van der Waals surface area contributed by atoms with E-state index in [0.29, 0.717) is 17.4 Å². The number of unbranched alkanes of at least 4 members (excludes halogenated alkanes) is 22. The molecular weight excluding hydrogens is 875 g/mol. The van der Waals surface area contributed by atoms with Crippen molar-refractivity contribution in [1.82, 2.24) is 0 Å². The van der Waals surface area contributed by atoms with Crippen molar-refractivity contribution in [2.75, 3.05) is 47.5 Å². The van der Waals surface area contributed by atoms with Crippen LogP contribution in [-0.4, -0.2) is 82.3 Å². The minimum atomic E-state index is -1.62. The molecule has 0 fully saturated rings. The standard InChI is InChI=1S/C61H105NO8/c1-6-8-10-12-14-15-16-17-18-19-20-21-22-23-24-25-26-27-28-29-30-31-32-33-34-35-36-37-38-39-40-41-42-43-44-45-46-48-50-52-59(64)70-57(55-68-58(63)51-49-47-13-11-9-7-2)56-69-61(60(65)66)67-54-53-62(3,4)5/h8,10,14-15,17-18,20-21,23-24,26-27,29-30,57,61H,6-7,9,11-13,16,19,22,25,28,31-56H2,1-5H3/b10-8-,15-14-,18-17-,21-20-,24-23-,27-26-,30-29-. The lowest BCUT2D eigenvalue weighted by Gasteiger charge is -2.26. The molecule has 0 aliphatic rings. The fraction of sp³-hybridized carbons (Fsp3) is 0.721. The van der Waals surface area contributed by atoms with Crippen LogP contribution in [0.3, 0.4) is 0 Å². The Bertz CT molecular complexity index is 1420. The first-order valence-corrected chi connectivity index (χ1v) is 28.2. The molecule has 0 aliphatic carbocycles. The summed E-state index contributed by atoms with van der Waals surface area (Å²) in [6, 6.07) is 0. The van der Waals surface area contributed by atoms with E-state index in [4.69, 9.17) is 18.9 Å². The molecule has 402 valence electrons. The Hall–Kier alpha value is -3.53. The number of rotatable bonds is 51. The third kappa shape index (κ3) is 52.3. The Morgan fingerprint density at radius 2 is 0.814 bits per heavy atom. The van der Waals surface area contributed by atoms with E-state index in [1.807, 2.05) is 21.1 Å². The predicted molar refractivity (Wildman–Crippen MR) is 292 cm³/mol. The molecule has 0 aromatic carbocycles. The van der Waals surface area contributed by atoms with Gasteiger partial charge < -0.3 is 33.3 Å². The van der Waals surface area contributed by atoms with Crippen molar-refractivity contribution in [3.63, 3.8) is 0 Å². The van der Waals surface area contributed by atoms with Gasteiger partial charge in [-0.1, -0.05) is 227 Å². The molecule has 0 N–H and O–H groups in total. The lowest BCUT2D eigenvalue weighted by Crippen LogP contribution is -2.44. The summed E-state index contributed by atoms with van der Waals surface area (Å²) in [6.45, 7) is 4.56. The summed E-state index contributed by atoms with van der Waals surface area (Å²) in [5.41, 5.74) is 0. The maximum atomic E-state index is 12.8. The first kappa shape index (κ1) is 66.5. The van der Waals surface area contributed by atoms with Crippen LogP contribution in [0.15, 0.2) is 85.1 Å². The molecule has 0 bridgehead atoms. The van der Waals surface area contributed by atoms with E-state index < -0.39 is 24.3 Å². The highest BCUT2D eigenvalue weighted by atomic mass is 16.7. The third-order valence-electron chi connectivity index (χ3n) is 11.9. The maximum Gasteiger partial charge on any atom is 0.306 e. The van der Waals surface area contributed by atoms with Gasteiger partial charge >= 0.3 is 11.9 Å². The van der Waals surface area contributed by atoms with Gasteiger partial charge in [-0.2, -0.15) is 0 Å². The van der Waals surface area contributed by atoms with Crippen LogP contribution in [-0.2, 0) is 33.3 Å². The monoisotopic (exact) mass is 980 g/mol. The minimum absolute atomic E-state index is 0.147. The normalized spacial score (nSPS) is 13.4. The van der Waals surface area contributed by atoms with Gasteiger partial charge in [-0.05, 0) is 70.6 Å². The second-order valence-electron chi connectivity index (χ2n) is 19.9. The number of ether oxygens (including phenoxy) is 4. The topological polar surface area (TPSA) is 111 Å². The molecule has 0 aromatic heterocycles. The van der Waals surface area contributed by atoms with E-state index in [1.54, 1.807) is 0 Å². The number of carboxylic acid groups (broad SMARTS) is 1. The summed E-state index contributed by atoms with van der Waals surface area (Å²) >= 11 is 0. The molecule has 0 aromatic rings. The number of quaternary nitrogens is 1. The van der Waals surface area contributed by atoms with Crippen LogP contribution in [0.1, 0.15) is 226 Å². The summed E-state index contributed by atoms with van der Waals surface area (Å²) in [5.74, 6) is -2.29. The van der Waals surface area contributed by atoms with Crippen molar-refractivity contribution in [3.8, 4) is 0 Å². The average molecular weight is 981 g/mol. The lowest BCUT2D eigenvalue weighted by molar-refractivity contribution is -0.870. The van der Waals surface area contributed by atoms with Crippen LogP contribution in [0.2, 0.25) is 0 Å². The van der Waals surface area contributed by atoms with Crippen LogP contribution in [0.25, 0.3) is 0 Å². The van der Waals surface area contributed by atoms with Gasteiger partial charge in [0, 0.05) is 12.8 Å². The number of carbonyl (C=O) groups is 3. The summed E-state index contributed by atoms with van der Waals surface area (Å²) < 4.78 is 22.5. The SMILES string of the molecule is CC/C=C\C/C=C\C/C=C\C/C=C\C/C=C\C/C=C\C/C=C\CCCCCCCCCCCCCCCCCCCC(=O)OC(COC(=O)CCCCCCCC)COC(OCC[N+](C)(C)C)C(=O)[O-]. The fourth-order valence-corrected chi connectivity index (χ4v) is 7.58. The number of aliphatic carboxylic acids is 1. The van der Waals surface area contributed by atoms with Crippen LogP contribution < -0.4 is 5.11 Å². The van der Waals surface area contributed by atoms with Gasteiger partial charge in [-0.3, -0.25) is 9.59 Å². The molecule has 0 amide bonds. The Morgan fingerprint density at radius 1 is 0.443 bits per heavy atom. The summed E-state index contributed by atoms with van der Waals surface area (Å²) in [7, 11) is 5.90. The molecule has 0 heterocycles. The van der Waals surface area contributed by atoms with Crippen molar-refractivity contribution in [2.45, 2.75) is 238 Å².